The number of carboxylic acids is 1. The quantitative estimate of drug-likeness (QED) is 0.880. The van der Waals surface area contributed by atoms with Crippen molar-refractivity contribution in [3.63, 3.8) is 0 Å². The van der Waals surface area contributed by atoms with Crippen LogP contribution in [0, 0.1) is 19.3 Å². The van der Waals surface area contributed by atoms with Gasteiger partial charge in [0.1, 0.15) is 6.04 Å². The lowest BCUT2D eigenvalue weighted by atomic mass is 9.86. The average molecular weight is 263 g/mol. The predicted octanol–water partition coefficient (Wildman–Crippen LogP) is 2.53. The molecule has 1 aromatic rings. The fourth-order valence-corrected chi connectivity index (χ4v) is 1.97. The third-order valence-electron chi connectivity index (χ3n) is 2.87. The van der Waals surface area contributed by atoms with E-state index in [0.29, 0.717) is 5.56 Å². The number of aliphatic carboxylic acids is 1. The minimum atomic E-state index is -1.02. The van der Waals surface area contributed by atoms with E-state index in [1.54, 1.807) is 32.9 Å². The van der Waals surface area contributed by atoms with Crippen molar-refractivity contribution < 1.29 is 14.7 Å². The molecule has 0 spiro atoms. The van der Waals surface area contributed by atoms with Gasteiger partial charge in [-0.1, -0.05) is 38.0 Å². The van der Waals surface area contributed by atoms with Gasteiger partial charge in [-0.05, 0) is 31.4 Å². The van der Waals surface area contributed by atoms with Crippen molar-refractivity contribution in [1.82, 2.24) is 5.32 Å². The Morgan fingerprint density at radius 3 is 1.95 bits per heavy atom. The van der Waals surface area contributed by atoms with E-state index < -0.39 is 17.4 Å². The van der Waals surface area contributed by atoms with E-state index in [9.17, 15) is 14.7 Å². The molecule has 0 saturated heterocycles. The second-order valence-electron chi connectivity index (χ2n) is 5.99. The molecule has 1 aromatic carbocycles. The van der Waals surface area contributed by atoms with Gasteiger partial charge in [-0.15, -0.1) is 0 Å². The van der Waals surface area contributed by atoms with Crippen molar-refractivity contribution in [3.05, 3.63) is 34.9 Å². The topological polar surface area (TPSA) is 66.4 Å². The first kappa shape index (κ1) is 15.2. The number of hydrogen-bond acceptors (Lipinski definition) is 2. The van der Waals surface area contributed by atoms with E-state index in [0.717, 1.165) is 11.1 Å². The van der Waals surface area contributed by atoms with Gasteiger partial charge in [-0.3, -0.25) is 4.79 Å². The number of carboxylic acid groups (broad SMARTS) is 1. The summed E-state index contributed by atoms with van der Waals surface area (Å²) in [6.07, 6.45) is 0. The summed E-state index contributed by atoms with van der Waals surface area (Å²) in [7, 11) is 0. The molecule has 0 radical (unpaired) electrons. The largest absolute Gasteiger partial charge is 0.480 e. The maximum Gasteiger partial charge on any atom is 0.326 e. The number of nitrogens with one attached hydrogen (secondary N) is 1. The molecular weight excluding hydrogens is 242 g/mol. The molecule has 0 saturated carbocycles. The van der Waals surface area contributed by atoms with Crippen LogP contribution in [0.5, 0.6) is 0 Å². The summed E-state index contributed by atoms with van der Waals surface area (Å²) in [5.41, 5.74) is 1.91. The van der Waals surface area contributed by atoms with Crippen molar-refractivity contribution in [3.8, 4) is 0 Å². The Labute approximate surface area is 113 Å². The van der Waals surface area contributed by atoms with E-state index in [-0.39, 0.29) is 5.91 Å². The van der Waals surface area contributed by atoms with Crippen LogP contribution in [0.25, 0.3) is 0 Å². The molecule has 1 atom stereocenters. The molecule has 4 nitrogen and oxygen atoms in total. The van der Waals surface area contributed by atoms with Crippen molar-refractivity contribution in [1.29, 1.82) is 0 Å². The Kier molecular flexibility index (Phi) is 4.35. The van der Waals surface area contributed by atoms with Crippen LogP contribution in [-0.4, -0.2) is 23.0 Å². The van der Waals surface area contributed by atoms with Crippen LogP contribution in [0.1, 0.15) is 42.3 Å². The van der Waals surface area contributed by atoms with Gasteiger partial charge >= 0.3 is 5.97 Å². The molecule has 0 fully saturated rings. The Morgan fingerprint density at radius 2 is 1.58 bits per heavy atom. The summed E-state index contributed by atoms with van der Waals surface area (Å²) in [6.45, 7) is 9.17. The fourth-order valence-electron chi connectivity index (χ4n) is 1.97. The van der Waals surface area contributed by atoms with E-state index in [4.69, 9.17) is 0 Å². The number of hydrogen-bond donors (Lipinski definition) is 2. The van der Waals surface area contributed by atoms with Gasteiger partial charge in [-0.25, -0.2) is 4.79 Å². The third kappa shape index (κ3) is 4.09. The highest BCUT2D eigenvalue weighted by atomic mass is 16.4. The lowest BCUT2D eigenvalue weighted by Gasteiger charge is -2.27. The highest BCUT2D eigenvalue weighted by Gasteiger charge is 2.32. The van der Waals surface area contributed by atoms with Gasteiger partial charge in [0.25, 0.3) is 5.91 Å². The Morgan fingerprint density at radius 1 is 1.11 bits per heavy atom. The molecule has 0 aliphatic carbocycles. The normalized spacial score (nSPS) is 12.9. The summed E-state index contributed by atoms with van der Waals surface area (Å²) in [6, 6.07) is 4.56. The van der Waals surface area contributed by atoms with E-state index >= 15 is 0 Å². The zero-order valence-corrected chi connectivity index (χ0v) is 12.1. The van der Waals surface area contributed by atoms with Crippen molar-refractivity contribution >= 4 is 11.9 Å². The molecule has 1 amide bonds. The predicted molar refractivity (Wildman–Crippen MR) is 74.3 cm³/mol. The molecule has 2 N–H and O–H groups in total. The number of aryl methyl sites for hydroxylation is 2. The highest BCUT2D eigenvalue weighted by Crippen LogP contribution is 2.20. The number of amides is 1. The summed E-state index contributed by atoms with van der Waals surface area (Å²) in [5, 5.41) is 11.8. The van der Waals surface area contributed by atoms with Gasteiger partial charge in [0.2, 0.25) is 0 Å². The second kappa shape index (κ2) is 5.43. The zero-order chi connectivity index (χ0) is 14.8. The summed E-state index contributed by atoms with van der Waals surface area (Å²) in [5.74, 6) is -1.38. The van der Waals surface area contributed by atoms with E-state index in [1.807, 2.05) is 19.9 Å². The summed E-state index contributed by atoms with van der Waals surface area (Å²) in [4.78, 5) is 23.4. The van der Waals surface area contributed by atoms with Crippen molar-refractivity contribution in [2.45, 2.75) is 40.7 Å². The number of rotatable bonds is 3. The second-order valence-corrected chi connectivity index (χ2v) is 5.99. The molecule has 19 heavy (non-hydrogen) atoms. The molecule has 0 aliphatic heterocycles. The van der Waals surface area contributed by atoms with Crippen LogP contribution >= 0.6 is 0 Å². The van der Waals surface area contributed by atoms with Gasteiger partial charge in [0.05, 0.1) is 0 Å². The minimum Gasteiger partial charge on any atom is -0.480 e. The molecule has 4 heteroatoms. The highest BCUT2D eigenvalue weighted by molar-refractivity contribution is 5.97. The standard InChI is InChI=1S/C15H21NO3/c1-9-6-10(2)8-11(7-9)13(17)16-12(14(18)19)15(3,4)5/h6-8,12H,1-5H3,(H,16,17)(H,18,19)/t12-/m1/s1. The zero-order valence-electron chi connectivity index (χ0n) is 12.1. The monoisotopic (exact) mass is 263 g/mol. The van der Waals surface area contributed by atoms with Crippen molar-refractivity contribution in [2.24, 2.45) is 5.41 Å². The minimum absolute atomic E-state index is 0.353. The first-order chi connectivity index (χ1) is 8.61. The van der Waals surface area contributed by atoms with Gasteiger partial charge in [-0.2, -0.15) is 0 Å². The van der Waals surface area contributed by atoms with Crippen LogP contribution < -0.4 is 5.32 Å². The Bertz CT molecular complexity index is 480. The Balaban J connectivity index is 2.97. The molecule has 0 heterocycles. The molecule has 0 unspecified atom stereocenters. The fraction of sp³-hybridized carbons (Fsp3) is 0.467. The number of benzene rings is 1. The van der Waals surface area contributed by atoms with Crippen LogP contribution in [0.2, 0.25) is 0 Å². The van der Waals surface area contributed by atoms with E-state index in [1.165, 1.54) is 0 Å². The smallest absolute Gasteiger partial charge is 0.326 e. The molecule has 1 rings (SSSR count). The SMILES string of the molecule is Cc1cc(C)cc(C(=O)N[C@H](C(=O)O)C(C)(C)C)c1. The van der Waals surface area contributed by atoms with E-state index in [2.05, 4.69) is 5.32 Å². The maximum absolute atomic E-state index is 12.1. The molecule has 0 aliphatic rings. The van der Waals surface area contributed by atoms with Crippen LogP contribution in [-0.2, 0) is 4.79 Å². The number of carbonyl (C=O) groups is 2. The van der Waals surface area contributed by atoms with Gasteiger partial charge in [0.15, 0.2) is 0 Å². The molecule has 0 aromatic heterocycles. The third-order valence-corrected chi connectivity index (χ3v) is 2.87. The van der Waals surface area contributed by atoms with Crippen LogP contribution in [0.15, 0.2) is 18.2 Å². The molecular formula is C15H21NO3. The lowest BCUT2D eigenvalue weighted by Crippen LogP contribution is -2.49. The lowest BCUT2D eigenvalue weighted by molar-refractivity contribution is -0.142. The van der Waals surface area contributed by atoms with Gasteiger partial charge < -0.3 is 10.4 Å². The first-order valence-corrected chi connectivity index (χ1v) is 6.23. The molecule has 104 valence electrons. The first-order valence-electron chi connectivity index (χ1n) is 6.23. The molecule has 0 bridgehead atoms. The average Bonchev–Trinajstić information content (AvgIpc) is 2.21. The maximum atomic E-state index is 12.1. The van der Waals surface area contributed by atoms with Crippen LogP contribution in [0.3, 0.4) is 0 Å². The number of carbonyl (C=O) groups excluding carboxylic acids is 1. The van der Waals surface area contributed by atoms with Gasteiger partial charge in [0, 0.05) is 5.56 Å². The summed E-state index contributed by atoms with van der Waals surface area (Å²) < 4.78 is 0. The van der Waals surface area contributed by atoms with Crippen molar-refractivity contribution in [2.75, 3.05) is 0 Å². The summed E-state index contributed by atoms with van der Waals surface area (Å²) >= 11 is 0. The van der Waals surface area contributed by atoms with Crippen LogP contribution in [0.4, 0.5) is 0 Å². The Hall–Kier alpha value is -1.84.